The van der Waals surface area contributed by atoms with Crippen LogP contribution >= 0.6 is 0 Å². The summed E-state index contributed by atoms with van der Waals surface area (Å²) >= 11 is 0. The van der Waals surface area contributed by atoms with Crippen LogP contribution < -0.4 is 0 Å². The van der Waals surface area contributed by atoms with Gasteiger partial charge in [-0.3, -0.25) is 19.9 Å². The zero-order valence-electron chi connectivity index (χ0n) is 39.2. The van der Waals surface area contributed by atoms with Crippen LogP contribution in [0.4, 0.5) is 0 Å². The Labute approximate surface area is 403 Å². The topological polar surface area (TPSA) is 86.7 Å². The van der Waals surface area contributed by atoms with E-state index < -0.39 is 0 Å². The molecule has 0 bridgehead atoms. The minimum atomic E-state index is 0.884. The molecule has 0 aliphatic carbocycles. The summed E-state index contributed by atoms with van der Waals surface area (Å²) in [5.41, 5.74) is 14.5. The molecule has 0 fully saturated rings. The molecule has 338 valence electrons. The van der Waals surface area contributed by atoms with Gasteiger partial charge in [0.15, 0.2) is 0 Å². The van der Waals surface area contributed by atoms with Gasteiger partial charge in [-0.1, -0.05) is 152 Å². The van der Waals surface area contributed by atoms with E-state index in [0.717, 1.165) is 113 Å². The normalized spacial score (nSPS) is 12.1. The Morgan fingerprint density at radius 3 is 1.41 bits per heavy atom. The second-order valence-electron chi connectivity index (χ2n) is 17.4. The Hall–Kier alpha value is -8.36. The number of aliphatic imine (C=N–C) groups is 1. The van der Waals surface area contributed by atoms with E-state index in [9.17, 15) is 0 Å². The number of imidazole rings is 2. The van der Waals surface area contributed by atoms with Gasteiger partial charge in [0.2, 0.25) is 0 Å². The lowest BCUT2D eigenvalue weighted by Gasteiger charge is -2.04. The Morgan fingerprint density at radius 2 is 0.855 bits per heavy atom. The first-order chi connectivity index (χ1) is 34.0. The third-order valence-corrected chi connectivity index (χ3v) is 12.6. The molecule has 6 heterocycles. The van der Waals surface area contributed by atoms with E-state index in [1.54, 1.807) is 0 Å². The van der Waals surface area contributed by atoms with Crippen molar-refractivity contribution < 1.29 is 0 Å². The van der Waals surface area contributed by atoms with Crippen LogP contribution in [0.1, 0.15) is 47.1 Å². The average molecular weight is 899 g/mol. The molecule has 11 aromatic rings. The highest BCUT2D eigenvalue weighted by Gasteiger charge is 2.12. The molecule has 0 unspecified atom stereocenters. The minimum Gasteiger partial charge on any atom is -0.337 e. The van der Waals surface area contributed by atoms with Crippen LogP contribution in [0.25, 0.3) is 60.7 Å². The molecule has 8 nitrogen and oxygen atoms in total. The fraction of sp³-hybridized carbons (Fsp3) is 0.148. The van der Waals surface area contributed by atoms with Crippen molar-refractivity contribution >= 4 is 55.2 Å². The van der Waals surface area contributed by atoms with E-state index in [0.29, 0.717) is 0 Å². The number of aryl methyl sites for hydroxylation is 7. The summed E-state index contributed by atoms with van der Waals surface area (Å²) in [7, 11) is 4.14. The maximum atomic E-state index is 4.79. The van der Waals surface area contributed by atoms with E-state index in [2.05, 4.69) is 163 Å². The standard InChI is InChI=1S/C21H19N3.C21H18N2.C19H17N3/c1-24-15-20(16-7-3-2-4-8-16)23-21(24)14-13-18-12-11-17-9-5-6-10-19(17)22-18;1-2-6-16(7-3-1)21-15-14-19(23-21)13-12-18-11-10-17-8-4-5-9-20(17)22-18;1-22-18-9-5-4-8-17(18)21-19(22)13-12-15-11-10-14-6-2-3-7-16(14)20-15/h2-12,15H,13-14H2,1H3;1-11,15H,12-14H2;2-11H,12-13H2,1H3. The Kier molecular flexibility index (Phi) is 13.6. The van der Waals surface area contributed by atoms with Crippen LogP contribution in [0.5, 0.6) is 0 Å². The molecular weight excluding hydrogens is 845 g/mol. The first kappa shape index (κ1) is 44.5. The van der Waals surface area contributed by atoms with Crippen molar-refractivity contribution in [2.75, 3.05) is 0 Å². The van der Waals surface area contributed by atoms with Gasteiger partial charge in [0.1, 0.15) is 11.6 Å². The van der Waals surface area contributed by atoms with Gasteiger partial charge in [0.05, 0.1) is 39.0 Å². The average Bonchev–Trinajstić information content (AvgIpc) is 4.14. The second kappa shape index (κ2) is 21.1. The predicted molar refractivity (Wildman–Crippen MR) is 284 cm³/mol. The van der Waals surface area contributed by atoms with Gasteiger partial charge in [0, 0.05) is 84.1 Å². The first-order valence-corrected chi connectivity index (χ1v) is 23.8. The third kappa shape index (κ3) is 10.9. The molecule has 0 radical (unpaired) electrons. The lowest BCUT2D eigenvalue weighted by atomic mass is 10.1. The number of hydrogen-bond acceptors (Lipinski definition) is 6. The monoisotopic (exact) mass is 898 g/mol. The van der Waals surface area contributed by atoms with E-state index in [-0.39, 0.29) is 0 Å². The first-order valence-electron chi connectivity index (χ1n) is 23.8. The van der Waals surface area contributed by atoms with Crippen molar-refractivity contribution in [1.29, 1.82) is 0 Å². The highest BCUT2D eigenvalue weighted by molar-refractivity contribution is 5.96. The quantitative estimate of drug-likeness (QED) is 0.129. The Morgan fingerprint density at radius 1 is 0.391 bits per heavy atom. The van der Waals surface area contributed by atoms with Gasteiger partial charge in [-0.2, -0.15) is 0 Å². The summed E-state index contributed by atoms with van der Waals surface area (Å²) in [5, 5.41) is 3.57. The van der Waals surface area contributed by atoms with Crippen molar-refractivity contribution in [3.8, 4) is 11.3 Å². The third-order valence-electron chi connectivity index (χ3n) is 12.6. The fourth-order valence-corrected chi connectivity index (χ4v) is 8.82. The van der Waals surface area contributed by atoms with Crippen LogP contribution in [0, 0.1) is 0 Å². The number of benzene rings is 6. The van der Waals surface area contributed by atoms with E-state index >= 15 is 0 Å². The van der Waals surface area contributed by atoms with E-state index in [1.807, 2.05) is 66.7 Å². The summed E-state index contributed by atoms with van der Waals surface area (Å²) in [6, 6.07) is 66.5. The molecule has 1 aliphatic heterocycles. The minimum absolute atomic E-state index is 0.884. The van der Waals surface area contributed by atoms with Crippen LogP contribution in [0.15, 0.2) is 211 Å². The number of rotatable bonds is 11. The second-order valence-corrected chi connectivity index (χ2v) is 17.4. The molecule has 5 aromatic heterocycles. The number of hydrogen-bond donors (Lipinski definition) is 0. The zero-order valence-corrected chi connectivity index (χ0v) is 39.2. The van der Waals surface area contributed by atoms with Gasteiger partial charge in [0.25, 0.3) is 0 Å². The van der Waals surface area contributed by atoms with Crippen molar-refractivity contribution in [2.24, 2.45) is 19.1 Å². The number of pyridine rings is 3. The van der Waals surface area contributed by atoms with Gasteiger partial charge in [-0.25, -0.2) is 9.97 Å². The largest absolute Gasteiger partial charge is 0.337 e. The van der Waals surface area contributed by atoms with Crippen molar-refractivity contribution in [3.63, 3.8) is 0 Å². The predicted octanol–water partition coefficient (Wildman–Crippen LogP) is 13.4. The van der Waals surface area contributed by atoms with E-state index in [4.69, 9.17) is 29.9 Å². The maximum Gasteiger partial charge on any atom is 0.109 e. The summed E-state index contributed by atoms with van der Waals surface area (Å²) in [5.74, 6) is 2.19. The zero-order chi connectivity index (χ0) is 46.8. The van der Waals surface area contributed by atoms with Gasteiger partial charge in [-0.05, 0) is 79.8 Å². The number of aromatic nitrogens is 7. The van der Waals surface area contributed by atoms with Gasteiger partial charge < -0.3 is 9.13 Å². The van der Waals surface area contributed by atoms with Gasteiger partial charge >= 0.3 is 0 Å². The molecule has 0 saturated heterocycles. The molecule has 0 saturated carbocycles. The highest BCUT2D eigenvalue weighted by Crippen LogP contribution is 2.25. The molecule has 12 rings (SSSR count). The lowest BCUT2D eigenvalue weighted by molar-refractivity contribution is 0.763. The summed E-state index contributed by atoms with van der Waals surface area (Å²) < 4.78 is 4.29. The number of nitrogens with zero attached hydrogens (tertiary/aromatic N) is 8. The molecule has 69 heavy (non-hydrogen) atoms. The highest BCUT2D eigenvalue weighted by atomic mass is 15.1. The molecule has 0 spiro atoms. The molecule has 0 atom stereocenters. The van der Waals surface area contributed by atoms with Crippen molar-refractivity contribution in [3.05, 3.63) is 241 Å². The maximum absolute atomic E-state index is 4.79. The molecule has 0 N–H and O–H groups in total. The Balaban J connectivity index is 0.000000120. The molecule has 6 aromatic carbocycles. The number of para-hydroxylation sites is 5. The molecule has 8 heteroatoms. The fourth-order valence-electron chi connectivity index (χ4n) is 8.82. The summed E-state index contributed by atoms with van der Waals surface area (Å²) in [4.78, 5) is 28.5. The smallest absolute Gasteiger partial charge is 0.109 e. The molecular formula is C61H54N8. The summed E-state index contributed by atoms with van der Waals surface area (Å²) in [6.07, 6.45) is 10.8. The van der Waals surface area contributed by atoms with Crippen molar-refractivity contribution in [1.82, 2.24) is 34.1 Å². The Bertz CT molecular complexity index is 3570. The number of fused-ring (bicyclic) bond motifs is 4. The van der Waals surface area contributed by atoms with Crippen LogP contribution in [-0.2, 0) is 46.2 Å². The molecule has 0 amide bonds. The van der Waals surface area contributed by atoms with E-state index in [1.165, 1.54) is 33.0 Å². The van der Waals surface area contributed by atoms with Crippen LogP contribution in [0.2, 0.25) is 0 Å². The lowest BCUT2D eigenvalue weighted by Crippen LogP contribution is -2.01. The SMILES string of the molecule is C1=C(c2ccccc2)N=C(CCc2ccc3ccccc3n2)C1.Cn1c(CCc2ccc3ccccc3n2)nc2ccccc21.Cn1cc(-c2ccccc2)nc1CCc1ccc2ccccc2n1. The van der Waals surface area contributed by atoms with Gasteiger partial charge in [-0.15, -0.1) is 0 Å². The summed E-state index contributed by atoms with van der Waals surface area (Å²) in [6.45, 7) is 0. The van der Waals surface area contributed by atoms with Crippen LogP contribution in [-0.4, -0.2) is 39.8 Å². The molecule has 1 aliphatic rings. The van der Waals surface area contributed by atoms with Crippen LogP contribution in [0.3, 0.4) is 0 Å². The number of allylic oxidation sites excluding steroid dienone is 1. The van der Waals surface area contributed by atoms with Crippen molar-refractivity contribution in [2.45, 2.75) is 44.9 Å².